The number of ether oxygens (including phenoxy) is 1. The van der Waals surface area contributed by atoms with Crippen molar-refractivity contribution < 1.29 is 24.5 Å². The molecule has 0 radical (unpaired) electrons. The Morgan fingerprint density at radius 3 is 2.54 bits per heavy atom. The highest BCUT2D eigenvalue weighted by molar-refractivity contribution is 5.95. The van der Waals surface area contributed by atoms with Crippen LogP contribution in [-0.2, 0) is 11.2 Å². The molecule has 3 aromatic rings. The molecule has 3 heterocycles. The number of rotatable bonds is 1. The number of hydrogen-bond donors (Lipinski definition) is 2. The molecule has 0 bridgehead atoms. The summed E-state index contributed by atoms with van der Waals surface area (Å²) in [5.74, 6) is 0.271. The van der Waals surface area contributed by atoms with E-state index < -0.39 is 17.6 Å². The van der Waals surface area contributed by atoms with Crippen molar-refractivity contribution in [2.75, 3.05) is 33.3 Å². The molecule has 2 aliphatic heterocycles. The second kappa shape index (κ2) is 10.5. The maximum atomic E-state index is 13.3. The first-order chi connectivity index (χ1) is 17.8. The van der Waals surface area contributed by atoms with Crippen molar-refractivity contribution in [3.05, 3.63) is 71.9 Å². The van der Waals surface area contributed by atoms with Crippen LogP contribution in [0.15, 0.2) is 60.7 Å². The number of piperidine rings is 1. The summed E-state index contributed by atoms with van der Waals surface area (Å²) in [5.41, 5.74) is 1.51. The van der Waals surface area contributed by atoms with Crippen molar-refractivity contribution in [1.29, 1.82) is 0 Å². The van der Waals surface area contributed by atoms with Crippen LogP contribution < -0.4 is 4.74 Å². The van der Waals surface area contributed by atoms with Gasteiger partial charge in [-0.25, -0.2) is 4.98 Å². The van der Waals surface area contributed by atoms with Gasteiger partial charge < -0.3 is 24.7 Å². The van der Waals surface area contributed by atoms with Crippen LogP contribution in [-0.4, -0.2) is 82.3 Å². The van der Waals surface area contributed by atoms with Crippen molar-refractivity contribution >= 4 is 22.7 Å². The van der Waals surface area contributed by atoms with Gasteiger partial charge in [0.1, 0.15) is 11.4 Å². The van der Waals surface area contributed by atoms with E-state index in [0.717, 1.165) is 16.5 Å². The minimum absolute atomic E-state index is 0.0967. The Morgan fingerprint density at radius 2 is 1.73 bits per heavy atom. The van der Waals surface area contributed by atoms with E-state index in [2.05, 4.69) is 4.98 Å². The Morgan fingerprint density at radius 1 is 1.00 bits per heavy atom. The SMILES string of the molecule is CN1CC2(CCN(C(=O)c3ccc4ccccc4n3)CC2)C[C@@H](O)[C@@H](O)Cc2ccccc2OCC1=O. The Bertz CT molecular complexity index is 1290. The third-order valence-electron chi connectivity index (χ3n) is 7.77. The lowest BCUT2D eigenvalue weighted by Crippen LogP contribution is -2.51. The van der Waals surface area contributed by atoms with Gasteiger partial charge in [-0.3, -0.25) is 9.59 Å². The van der Waals surface area contributed by atoms with E-state index in [0.29, 0.717) is 50.3 Å². The third-order valence-corrected chi connectivity index (χ3v) is 7.77. The Hall–Kier alpha value is -3.49. The third kappa shape index (κ3) is 5.45. The average molecular weight is 504 g/mol. The van der Waals surface area contributed by atoms with Crippen LogP contribution in [0.4, 0.5) is 0 Å². The van der Waals surface area contributed by atoms with Crippen LogP contribution in [0.1, 0.15) is 35.3 Å². The molecule has 1 saturated heterocycles. The zero-order chi connectivity index (χ0) is 26.0. The number of carbonyl (C=O) groups excluding carboxylic acids is 2. The molecule has 8 heteroatoms. The number of amides is 2. The van der Waals surface area contributed by atoms with Crippen LogP contribution >= 0.6 is 0 Å². The lowest BCUT2D eigenvalue weighted by Gasteiger charge is -2.45. The topological polar surface area (TPSA) is 103 Å². The first kappa shape index (κ1) is 25.2. The lowest BCUT2D eigenvalue weighted by molar-refractivity contribution is -0.135. The summed E-state index contributed by atoms with van der Waals surface area (Å²) in [5, 5.41) is 22.9. The summed E-state index contributed by atoms with van der Waals surface area (Å²) in [6, 6.07) is 18.6. The van der Waals surface area contributed by atoms with E-state index in [4.69, 9.17) is 4.74 Å². The highest BCUT2D eigenvalue weighted by Gasteiger charge is 2.41. The molecule has 5 rings (SSSR count). The lowest BCUT2D eigenvalue weighted by atomic mass is 9.72. The van der Waals surface area contributed by atoms with Crippen LogP contribution in [0, 0.1) is 5.41 Å². The number of para-hydroxylation sites is 2. The summed E-state index contributed by atoms with van der Waals surface area (Å²) in [6.45, 7) is 1.28. The zero-order valence-corrected chi connectivity index (χ0v) is 21.0. The second-order valence-corrected chi connectivity index (χ2v) is 10.4. The molecule has 1 spiro atoms. The summed E-state index contributed by atoms with van der Waals surface area (Å²) >= 11 is 0. The smallest absolute Gasteiger partial charge is 0.272 e. The van der Waals surface area contributed by atoms with Crippen LogP contribution in [0.25, 0.3) is 10.9 Å². The number of likely N-dealkylation sites (tertiary alicyclic amines) is 1. The van der Waals surface area contributed by atoms with Crippen molar-refractivity contribution in [1.82, 2.24) is 14.8 Å². The molecule has 194 valence electrons. The quantitative estimate of drug-likeness (QED) is 0.529. The van der Waals surface area contributed by atoms with Crippen molar-refractivity contribution in [3.63, 3.8) is 0 Å². The standard InChI is InChI=1S/C29H33N3O5/c1-31-19-29(17-25(34)24(33)16-21-7-3-5-9-26(21)37-18-27(31)35)12-14-32(15-13-29)28(36)23-11-10-20-6-2-4-8-22(20)30-23/h2-11,24-25,33-34H,12-19H2,1H3/t24-,25+/m0/s1. The number of fused-ring (bicyclic) bond motifs is 2. The van der Waals surface area contributed by atoms with Crippen molar-refractivity contribution in [2.45, 2.75) is 37.9 Å². The zero-order valence-electron chi connectivity index (χ0n) is 21.0. The summed E-state index contributed by atoms with van der Waals surface area (Å²) in [7, 11) is 1.74. The van der Waals surface area contributed by atoms with Gasteiger partial charge in [-0.2, -0.15) is 0 Å². The average Bonchev–Trinajstić information content (AvgIpc) is 2.91. The van der Waals surface area contributed by atoms with Crippen molar-refractivity contribution in [2.24, 2.45) is 5.41 Å². The summed E-state index contributed by atoms with van der Waals surface area (Å²) < 4.78 is 5.79. The van der Waals surface area contributed by atoms with Crippen LogP contribution in [0.5, 0.6) is 5.75 Å². The molecule has 2 atom stereocenters. The second-order valence-electron chi connectivity index (χ2n) is 10.4. The molecule has 0 saturated carbocycles. The fourth-order valence-corrected chi connectivity index (χ4v) is 5.55. The highest BCUT2D eigenvalue weighted by atomic mass is 16.5. The van der Waals surface area contributed by atoms with Gasteiger partial charge in [0.25, 0.3) is 11.8 Å². The first-order valence-electron chi connectivity index (χ1n) is 12.8. The molecule has 8 nitrogen and oxygen atoms in total. The van der Waals surface area contributed by atoms with Gasteiger partial charge >= 0.3 is 0 Å². The number of carbonyl (C=O) groups is 2. The molecule has 2 amide bonds. The Kier molecular flexibility index (Phi) is 7.13. The summed E-state index contributed by atoms with van der Waals surface area (Å²) in [4.78, 5) is 34.2. The molecule has 2 aliphatic rings. The first-order valence-corrected chi connectivity index (χ1v) is 12.8. The number of likely N-dealkylation sites (N-methyl/N-ethyl adjacent to an activating group) is 1. The van der Waals surface area contributed by atoms with E-state index in [-0.39, 0.29) is 24.8 Å². The molecule has 1 fully saturated rings. The van der Waals surface area contributed by atoms with E-state index in [9.17, 15) is 19.8 Å². The number of benzene rings is 2. The van der Waals surface area contributed by atoms with Crippen molar-refractivity contribution in [3.8, 4) is 5.75 Å². The fourth-order valence-electron chi connectivity index (χ4n) is 5.55. The normalized spacial score (nSPS) is 22.6. The molecule has 2 aromatic carbocycles. The van der Waals surface area contributed by atoms with E-state index >= 15 is 0 Å². The summed E-state index contributed by atoms with van der Waals surface area (Å²) in [6.07, 6.45) is -0.166. The maximum absolute atomic E-state index is 13.3. The minimum Gasteiger partial charge on any atom is -0.483 e. The highest BCUT2D eigenvalue weighted by Crippen LogP contribution is 2.39. The molecule has 37 heavy (non-hydrogen) atoms. The molecule has 0 aliphatic carbocycles. The number of hydrogen-bond acceptors (Lipinski definition) is 6. The maximum Gasteiger partial charge on any atom is 0.272 e. The number of aromatic nitrogens is 1. The minimum atomic E-state index is -0.972. The monoisotopic (exact) mass is 503 g/mol. The number of aliphatic hydroxyl groups excluding tert-OH is 2. The predicted octanol–water partition coefficient (Wildman–Crippen LogP) is 2.66. The molecular formula is C29H33N3O5. The Balaban J connectivity index is 1.33. The van der Waals surface area contributed by atoms with Crippen LogP contribution in [0.3, 0.4) is 0 Å². The molecule has 1 aromatic heterocycles. The van der Waals surface area contributed by atoms with Gasteiger partial charge in [0.15, 0.2) is 6.61 Å². The van der Waals surface area contributed by atoms with Gasteiger partial charge in [-0.1, -0.05) is 42.5 Å². The fraction of sp³-hybridized carbons (Fsp3) is 0.414. The molecule has 2 N–H and O–H groups in total. The van der Waals surface area contributed by atoms with Gasteiger partial charge in [0.2, 0.25) is 0 Å². The largest absolute Gasteiger partial charge is 0.483 e. The Labute approximate surface area is 216 Å². The predicted molar refractivity (Wildman–Crippen MR) is 139 cm³/mol. The van der Waals surface area contributed by atoms with Gasteiger partial charge in [-0.05, 0) is 48.4 Å². The number of nitrogens with zero attached hydrogens (tertiary/aromatic N) is 3. The number of pyridine rings is 1. The van der Waals surface area contributed by atoms with Gasteiger partial charge in [0, 0.05) is 38.5 Å². The van der Waals surface area contributed by atoms with E-state index in [1.54, 1.807) is 29.0 Å². The van der Waals surface area contributed by atoms with Gasteiger partial charge in [-0.15, -0.1) is 0 Å². The number of aliphatic hydroxyl groups is 2. The molecular weight excluding hydrogens is 470 g/mol. The van der Waals surface area contributed by atoms with Gasteiger partial charge in [0.05, 0.1) is 17.7 Å². The van der Waals surface area contributed by atoms with E-state index in [1.807, 2.05) is 48.5 Å². The molecule has 0 unspecified atom stereocenters. The van der Waals surface area contributed by atoms with Crippen LogP contribution in [0.2, 0.25) is 0 Å². The van der Waals surface area contributed by atoms with E-state index in [1.165, 1.54) is 0 Å².